The number of carbonyl (C=O) groups is 1. The van der Waals surface area contributed by atoms with Crippen molar-refractivity contribution in [1.29, 1.82) is 0 Å². The van der Waals surface area contributed by atoms with Gasteiger partial charge in [-0.05, 0) is 32.1 Å². The molecule has 1 saturated heterocycles. The minimum absolute atomic E-state index is 0.00399. The molecule has 0 saturated carbocycles. The number of hydrogen-bond acceptors (Lipinski definition) is 4. The van der Waals surface area contributed by atoms with E-state index < -0.39 is 5.60 Å². The largest absolute Gasteiger partial charge is 0.465 e. The molecular formula is C15H22N2O3. The summed E-state index contributed by atoms with van der Waals surface area (Å²) in [6.07, 6.45) is 4.82. The van der Waals surface area contributed by atoms with Crippen LogP contribution < -0.4 is 0 Å². The second kappa shape index (κ2) is 6.24. The number of amides is 1. The van der Waals surface area contributed by atoms with Gasteiger partial charge in [0.25, 0.3) is 0 Å². The molecule has 20 heavy (non-hydrogen) atoms. The maximum absolute atomic E-state index is 12.0. The van der Waals surface area contributed by atoms with Gasteiger partial charge in [0.05, 0.1) is 11.9 Å². The Labute approximate surface area is 119 Å². The zero-order valence-corrected chi connectivity index (χ0v) is 12.1. The van der Waals surface area contributed by atoms with Crippen molar-refractivity contribution in [2.75, 3.05) is 32.7 Å². The average Bonchev–Trinajstić information content (AvgIpc) is 2.88. The molecule has 110 valence electrons. The van der Waals surface area contributed by atoms with Crippen molar-refractivity contribution in [3.05, 3.63) is 30.2 Å². The average molecular weight is 278 g/mol. The Hall–Kier alpha value is -1.59. The molecule has 0 spiro atoms. The van der Waals surface area contributed by atoms with Crippen LogP contribution >= 0.6 is 0 Å². The molecule has 0 aromatic carbocycles. The third kappa shape index (κ3) is 4.51. The Morgan fingerprint density at radius 2 is 2.10 bits per heavy atom. The highest BCUT2D eigenvalue weighted by molar-refractivity contribution is 5.91. The van der Waals surface area contributed by atoms with Gasteiger partial charge in [0.2, 0.25) is 5.91 Å². The van der Waals surface area contributed by atoms with E-state index in [-0.39, 0.29) is 5.91 Å². The van der Waals surface area contributed by atoms with Crippen LogP contribution in [0.3, 0.4) is 0 Å². The van der Waals surface area contributed by atoms with Gasteiger partial charge >= 0.3 is 0 Å². The third-order valence-corrected chi connectivity index (χ3v) is 3.23. The van der Waals surface area contributed by atoms with Crippen LogP contribution in [0.5, 0.6) is 0 Å². The first kappa shape index (κ1) is 14.8. The fourth-order valence-corrected chi connectivity index (χ4v) is 2.32. The second-order valence-electron chi connectivity index (χ2n) is 5.76. The molecule has 1 amide bonds. The molecule has 5 nitrogen and oxygen atoms in total. The number of hydrogen-bond donors (Lipinski definition) is 1. The molecule has 0 aliphatic carbocycles. The zero-order valence-electron chi connectivity index (χ0n) is 12.1. The SMILES string of the molecule is CC(C)(O)CN1CCN(C(=O)C=Cc2ccco2)CC1. The number of carbonyl (C=O) groups excluding carboxylic acids is 1. The molecule has 5 heteroatoms. The first-order valence-electron chi connectivity index (χ1n) is 6.89. The lowest BCUT2D eigenvalue weighted by Gasteiger charge is -2.36. The van der Waals surface area contributed by atoms with Gasteiger partial charge in [-0.1, -0.05) is 0 Å². The molecule has 1 aliphatic heterocycles. The van der Waals surface area contributed by atoms with E-state index in [2.05, 4.69) is 4.90 Å². The maximum Gasteiger partial charge on any atom is 0.246 e. The van der Waals surface area contributed by atoms with Crippen molar-refractivity contribution in [1.82, 2.24) is 9.80 Å². The van der Waals surface area contributed by atoms with Gasteiger partial charge < -0.3 is 14.4 Å². The van der Waals surface area contributed by atoms with Crippen LogP contribution in [0, 0.1) is 0 Å². The molecular weight excluding hydrogens is 256 g/mol. The summed E-state index contributed by atoms with van der Waals surface area (Å²) < 4.78 is 5.15. The molecule has 0 atom stereocenters. The maximum atomic E-state index is 12.0. The van der Waals surface area contributed by atoms with Crippen LogP contribution in [0.25, 0.3) is 6.08 Å². The molecule has 1 aliphatic rings. The lowest BCUT2D eigenvalue weighted by Crippen LogP contribution is -2.51. The van der Waals surface area contributed by atoms with Crippen molar-refractivity contribution >= 4 is 12.0 Å². The summed E-state index contributed by atoms with van der Waals surface area (Å²) in [7, 11) is 0. The molecule has 1 N–H and O–H groups in total. The number of nitrogens with zero attached hydrogens (tertiary/aromatic N) is 2. The van der Waals surface area contributed by atoms with E-state index in [0.29, 0.717) is 25.4 Å². The molecule has 1 fully saturated rings. The Morgan fingerprint density at radius 3 is 2.65 bits per heavy atom. The normalized spacial score (nSPS) is 17.9. The van der Waals surface area contributed by atoms with Crippen LogP contribution in [0.15, 0.2) is 28.9 Å². The predicted molar refractivity (Wildman–Crippen MR) is 77.1 cm³/mol. The van der Waals surface area contributed by atoms with Gasteiger partial charge in [-0.15, -0.1) is 0 Å². The zero-order chi connectivity index (χ0) is 14.6. The molecule has 2 rings (SSSR count). The highest BCUT2D eigenvalue weighted by Gasteiger charge is 2.24. The van der Waals surface area contributed by atoms with E-state index in [9.17, 15) is 9.90 Å². The van der Waals surface area contributed by atoms with Gasteiger partial charge in [0.15, 0.2) is 0 Å². The fourth-order valence-electron chi connectivity index (χ4n) is 2.32. The summed E-state index contributed by atoms with van der Waals surface area (Å²) in [6.45, 7) is 7.22. The van der Waals surface area contributed by atoms with Crippen molar-refractivity contribution < 1.29 is 14.3 Å². The number of piperazine rings is 1. The number of furan rings is 1. The summed E-state index contributed by atoms with van der Waals surface area (Å²) in [5, 5.41) is 9.79. The van der Waals surface area contributed by atoms with Gasteiger partial charge in [-0.25, -0.2) is 0 Å². The monoisotopic (exact) mass is 278 g/mol. The minimum Gasteiger partial charge on any atom is -0.465 e. The van der Waals surface area contributed by atoms with Crippen LogP contribution in [-0.2, 0) is 4.79 Å². The van der Waals surface area contributed by atoms with Gasteiger partial charge in [0, 0.05) is 38.8 Å². The second-order valence-corrected chi connectivity index (χ2v) is 5.76. The van der Waals surface area contributed by atoms with E-state index in [1.165, 1.54) is 0 Å². The summed E-state index contributed by atoms with van der Waals surface area (Å²) in [6, 6.07) is 3.60. The summed E-state index contributed by atoms with van der Waals surface area (Å²) >= 11 is 0. The van der Waals surface area contributed by atoms with E-state index >= 15 is 0 Å². The number of β-amino-alcohol motifs (C(OH)–C–C–N with tert-alkyl or cyclic N) is 1. The fraction of sp³-hybridized carbons (Fsp3) is 0.533. The summed E-state index contributed by atoms with van der Waals surface area (Å²) in [5.74, 6) is 0.684. The smallest absolute Gasteiger partial charge is 0.246 e. The standard InChI is InChI=1S/C15H22N2O3/c1-15(2,19)12-16-7-9-17(10-8-16)14(18)6-5-13-4-3-11-20-13/h3-6,11,19H,7-10,12H2,1-2H3. The number of rotatable bonds is 4. The Morgan fingerprint density at radius 1 is 1.40 bits per heavy atom. The molecule has 2 heterocycles. The van der Waals surface area contributed by atoms with E-state index in [1.54, 1.807) is 38.3 Å². The van der Waals surface area contributed by atoms with E-state index in [1.807, 2.05) is 11.0 Å². The van der Waals surface area contributed by atoms with E-state index in [4.69, 9.17) is 4.42 Å². The van der Waals surface area contributed by atoms with Gasteiger partial charge in [-0.3, -0.25) is 9.69 Å². The predicted octanol–water partition coefficient (Wildman–Crippen LogP) is 1.21. The Balaban J connectivity index is 1.80. The van der Waals surface area contributed by atoms with Gasteiger partial charge in [-0.2, -0.15) is 0 Å². The Kier molecular flexibility index (Phi) is 4.62. The van der Waals surface area contributed by atoms with Crippen molar-refractivity contribution in [3.63, 3.8) is 0 Å². The Bertz CT molecular complexity index is 452. The van der Waals surface area contributed by atoms with Crippen LogP contribution in [0.1, 0.15) is 19.6 Å². The van der Waals surface area contributed by atoms with Crippen molar-refractivity contribution in [2.45, 2.75) is 19.4 Å². The first-order valence-corrected chi connectivity index (χ1v) is 6.89. The highest BCUT2D eigenvalue weighted by Crippen LogP contribution is 2.09. The molecule has 1 aromatic rings. The summed E-state index contributed by atoms with van der Waals surface area (Å²) in [5.41, 5.74) is -0.689. The minimum atomic E-state index is -0.689. The van der Waals surface area contributed by atoms with Crippen LogP contribution in [-0.4, -0.2) is 59.1 Å². The first-order chi connectivity index (χ1) is 9.44. The molecule has 0 radical (unpaired) electrons. The quantitative estimate of drug-likeness (QED) is 0.841. The topological polar surface area (TPSA) is 56.9 Å². The van der Waals surface area contributed by atoms with Crippen LogP contribution in [0.2, 0.25) is 0 Å². The van der Waals surface area contributed by atoms with Crippen molar-refractivity contribution in [3.8, 4) is 0 Å². The third-order valence-electron chi connectivity index (χ3n) is 3.23. The number of aliphatic hydroxyl groups is 1. The highest BCUT2D eigenvalue weighted by atomic mass is 16.3. The van der Waals surface area contributed by atoms with Crippen LogP contribution in [0.4, 0.5) is 0 Å². The molecule has 0 bridgehead atoms. The summed E-state index contributed by atoms with van der Waals surface area (Å²) in [4.78, 5) is 16.0. The lowest BCUT2D eigenvalue weighted by molar-refractivity contribution is -0.128. The van der Waals surface area contributed by atoms with E-state index in [0.717, 1.165) is 13.1 Å². The molecule has 1 aromatic heterocycles. The molecule has 0 unspecified atom stereocenters. The lowest BCUT2D eigenvalue weighted by atomic mass is 10.1. The van der Waals surface area contributed by atoms with Crippen molar-refractivity contribution in [2.24, 2.45) is 0 Å². The van der Waals surface area contributed by atoms with Gasteiger partial charge in [0.1, 0.15) is 5.76 Å².